The third-order valence-electron chi connectivity index (χ3n) is 3.78. The van der Waals surface area contributed by atoms with Crippen molar-refractivity contribution in [2.75, 3.05) is 6.79 Å². The summed E-state index contributed by atoms with van der Waals surface area (Å²) in [6.45, 7) is 0.146. The summed E-state index contributed by atoms with van der Waals surface area (Å²) in [5.41, 5.74) is 1.95. The largest absolute Gasteiger partial charge is 0.454 e. The van der Waals surface area contributed by atoms with E-state index in [1.54, 1.807) is 18.2 Å². The van der Waals surface area contributed by atoms with Gasteiger partial charge in [-0.1, -0.05) is 0 Å². The predicted molar refractivity (Wildman–Crippen MR) is 91.2 cm³/mol. The Hall–Kier alpha value is -3.08. The summed E-state index contributed by atoms with van der Waals surface area (Å²) in [4.78, 5) is 12.6. The average Bonchev–Trinajstić information content (AvgIpc) is 3.30. The highest BCUT2D eigenvalue weighted by atomic mass is 32.1. The van der Waals surface area contributed by atoms with E-state index in [0.717, 1.165) is 16.0 Å². The van der Waals surface area contributed by atoms with E-state index >= 15 is 0 Å². The number of fused-ring (bicyclic) bond motifs is 2. The molecule has 0 unspecified atom stereocenters. The minimum Gasteiger partial charge on any atom is -0.454 e. The van der Waals surface area contributed by atoms with Crippen molar-refractivity contribution in [3.8, 4) is 11.5 Å². The van der Waals surface area contributed by atoms with Gasteiger partial charge in [-0.3, -0.25) is 9.48 Å². The molecule has 7 nitrogen and oxygen atoms in total. The van der Waals surface area contributed by atoms with E-state index < -0.39 is 17.8 Å². The number of halogens is 3. The molecule has 4 rings (SSSR count). The average molecular weight is 396 g/mol. The molecule has 0 aliphatic carbocycles. The van der Waals surface area contributed by atoms with Gasteiger partial charge in [-0.2, -0.15) is 23.4 Å². The Morgan fingerprint density at radius 3 is 2.89 bits per heavy atom. The molecular weight excluding hydrogens is 385 g/mol. The Morgan fingerprint density at radius 1 is 1.33 bits per heavy atom. The molecule has 3 heterocycles. The van der Waals surface area contributed by atoms with Gasteiger partial charge < -0.3 is 9.47 Å². The fourth-order valence-electron chi connectivity index (χ4n) is 2.58. The number of alkyl halides is 3. The van der Waals surface area contributed by atoms with Crippen LogP contribution in [0.15, 0.2) is 29.4 Å². The first kappa shape index (κ1) is 17.3. The number of hydrazone groups is 1. The van der Waals surface area contributed by atoms with Crippen LogP contribution in [0.2, 0.25) is 0 Å². The molecule has 1 aliphatic heterocycles. The molecule has 0 atom stereocenters. The van der Waals surface area contributed by atoms with Crippen LogP contribution in [0, 0.1) is 0 Å². The summed E-state index contributed by atoms with van der Waals surface area (Å²) in [6, 6.07) is 6.30. The zero-order valence-corrected chi connectivity index (χ0v) is 14.5. The highest BCUT2D eigenvalue weighted by molar-refractivity contribution is 7.20. The van der Waals surface area contributed by atoms with Gasteiger partial charge in [0.2, 0.25) is 6.79 Å². The van der Waals surface area contributed by atoms with Gasteiger partial charge in [0.15, 0.2) is 17.2 Å². The molecule has 0 saturated carbocycles. The lowest BCUT2D eigenvalue weighted by Crippen LogP contribution is -2.16. The van der Waals surface area contributed by atoms with Crippen LogP contribution >= 0.6 is 11.3 Å². The van der Waals surface area contributed by atoms with Crippen LogP contribution in [0.5, 0.6) is 11.5 Å². The summed E-state index contributed by atoms with van der Waals surface area (Å²) in [5, 5.41) is 7.19. The second-order valence-electron chi connectivity index (χ2n) is 5.61. The minimum atomic E-state index is -4.59. The highest BCUT2D eigenvalue weighted by Crippen LogP contribution is 2.37. The topological polar surface area (TPSA) is 77.7 Å². The van der Waals surface area contributed by atoms with Gasteiger partial charge in [-0.25, -0.2) is 5.43 Å². The monoisotopic (exact) mass is 396 g/mol. The Bertz CT molecular complexity index is 1070. The van der Waals surface area contributed by atoms with Crippen LogP contribution in [-0.4, -0.2) is 28.7 Å². The van der Waals surface area contributed by atoms with Gasteiger partial charge in [0.1, 0.15) is 4.83 Å². The molecule has 1 aliphatic rings. The maximum Gasteiger partial charge on any atom is 0.435 e. The fourth-order valence-corrected chi connectivity index (χ4v) is 3.54. The van der Waals surface area contributed by atoms with E-state index in [1.807, 2.05) is 0 Å². The van der Waals surface area contributed by atoms with Crippen LogP contribution in [0.1, 0.15) is 20.9 Å². The number of aryl methyl sites for hydroxylation is 1. The quantitative estimate of drug-likeness (QED) is 0.545. The maximum absolute atomic E-state index is 13.0. The summed E-state index contributed by atoms with van der Waals surface area (Å²) < 4.78 is 50.6. The van der Waals surface area contributed by atoms with E-state index in [-0.39, 0.29) is 21.9 Å². The van der Waals surface area contributed by atoms with Crippen LogP contribution in [0.25, 0.3) is 10.2 Å². The lowest BCUT2D eigenvalue weighted by atomic mass is 10.2. The van der Waals surface area contributed by atoms with Crippen LogP contribution in [0.3, 0.4) is 0 Å². The molecule has 27 heavy (non-hydrogen) atoms. The molecule has 0 radical (unpaired) electrons. The number of nitrogens with one attached hydrogen (secondary N) is 1. The van der Waals surface area contributed by atoms with Crippen molar-refractivity contribution >= 4 is 33.7 Å². The Kier molecular flexibility index (Phi) is 4.02. The number of hydrogen-bond donors (Lipinski definition) is 1. The molecule has 0 spiro atoms. The number of benzene rings is 1. The number of aromatic nitrogens is 2. The smallest absolute Gasteiger partial charge is 0.435 e. The van der Waals surface area contributed by atoms with E-state index in [4.69, 9.17) is 9.47 Å². The van der Waals surface area contributed by atoms with Gasteiger partial charge in [-0.15, -0.1) is 11.3 Å². The summed E-state index contributed by atoms with van der Waals surface area (Å²) in [7, 11) is 1.40. The number of ether oxygens (including phenoxy) is 2. The van der Waals surface area contributed by atoms with Gasteiger partial charge in [0.25, 0.3) is 5.91 Å². The van der Waals surface area contributed by atoms with Crippen molar-refractivity contribution in [3.05, 3.63) is 40.4 Å². The standard InChI is InChI=1S/C16H11F3N4O3S/c1-23-15-9(13(22-23)16(17,18)19)5-12(27-15)14(24)21-20-6-8-2-3-10-11(4-8)26-7-25-10/h2-6H,7H2,1H3,(H,21,24)/b20-6-. The van der Waals surface area contributed by atoms with Gasteiger partial charge >= 0.3 is 6.18 Å². The Balaban J connectivity index is 1.51. The van der Waals surface area contributed by atoms with Gasteiger partial charge in [0.05, 0.1) is 11.1 Å². The van der Waals surface area contributed by atoms with Crippen molar-refractivity contribution in [2.45, 2.75) is 6.18 Å². The van der Waals surface area contributed by atoms with Crippen molar-refractivity contribution in [1.82, 2.24) is 15.2 Å². The molecule has 11 heteroatoms. The third-order valence-corrected chi connectivity index (χ3v) is 4.98. The second-order valence-corrected chi connectivity index (χ2v) is 6.64. The lowest BCUT2D eigenvalue weighted by molar-refractivity contribution is -0.140. The zero-order chi connectivity index (χ0) is 19.2. The lowest BCUT2D eigenvalue weighted by Gasteiger charge is -2.01. The molecule has 0 fully saturated rings. The van der Waals surface area contributed by atoms with E-state index in [2.05, 4.69) is 15.6 Å². The van der Waals surface area contributed by atoms with Crippen LogP contribution in [0.4, 0.5) is 13.2 Å². The van der Waals surface area contributed by atoms with Gasteiger partial charge in [0, 0.05) is 12.4 Å². The van der Waals surface area contributed by atoms with Crippen LogP contribution in [-0.2, 0) is 13.2 Å². The van der Waals surface area contributed by atoms with Crippen molar-refractivity contribution in [1.29, 1.82) is 0 Å². The highest BCUT2D eigenvalue weighted by Gasteiger charge is 2.37. The normalized spacial score (nSPS) is 13.6. The maximum atomic E-state index is 13.0. The fraction of sp³-hybridized carbons (Fsp3) is 0.188. The van der Waals surface area contributed by atoms with Crippen molar-refractivity contribution < 1.29 is 27.4 Å². The van der Waals surface area contributed by atoms with Crippen molar-refractivity contribution in [3.63, 3.8) is 0 Å². The number of carbonyl (C=O) groups excluding carboxylic acids is 1. The Labute approximate surface area is 154 Å². The molecule has 1 amide bonds. The predicted octanol–water partition coefficient (Wildman–Crippen LogP) is 3.15. The number of amides is 1. The molecule has 1 aromatic carbocycles. The van der Waals surface area contributed by atoms with Crippen molar-refractivity contribution in [2.24, 2.45) is 12.1 Å². The summed E-state index contributed by atoms with van der Waals surface area (Å²) >= 11 is 0.909. The number of thiophene rings is 1. The summed E-state index contributed by atoms with van der Waals surface area (Å²) in [6.07, 6.45) is -3.19. The number of rotatable bonds is 3. The zero-order valence-electron chi connectivity index (χ0n) is 13.7. The number of carbonyl (C=O) groups is 1. The first-order valence-corrected chi connectivity index (χ1v) is 8.41. The van der Waals surface area contributed by atoms with E-state index in [1.165, 1.54) is 19.3 Å². The second kappa shape index (κ2) is 6.27. The molecule has 1 N–H and O–H groups in total. The Morgan fingerprint density at radius 2 is 2.11 bits per heavy atom. The molecule has 140 valence electrons. The van der Waals surface area contributed by atoms with E-state index in [9.17, 15) is 18.0 Å². The third kappa shape index (κ3) is 3.21. The molecular formula is C16H11F3N4O3S. The molecule has 0 saturated heterocycles. The molecule has 2 aromatic heterocycles. The molecule has 0 bridgehead atoms. The first-order chi connectivity index (χ1) is 12.8. The SMILES string of the molecule is Cn1nc(C(F)(F)F)c2cc(C(=O)N/N=C\c3ccc4c(c3)OCO4)sc21. The number of nitrogens with zero attached hydrogens (tertiary/aromatic N) is 3. The van der Waals surface area contributed by atoms with Crippen LogP contribution < -0.4 is 14.9 Å². The van der Waals surface area contributed by atoms with E-state index in [0.29, 0.717) is 17.1 Å². The first-order valence-electron chi connectivity index (χ1n) is 7.60. The van der Waals surface area contributed by atoms with Gasteiger partial charge in [-0.05, 0) is 29.8 Å². The number of hydrogen-bond acceptors (Lipinski definition) is 6. The minimum absolute atomic E-state index is 0.103. The summed E-state index contributed by atoms with van der Waals surface area (Å²) in [5.74, 6) is 0.582. The molecule has 3 aromatic rings.